The summed E-state index contributed by atoms with van der Waals surface area (Å²) in [5.41, 5.74) is 0. The first-order valence-electron chi connectivity index (χ1n) is 4.49. The normalized spacial score (nSPS) is 9.47. The molecule has 0 aromatic carbocycles. The third kappa shape index (κ3) is 9.11. The van der Waals surface area contributed by atoms with Gasteiger partial charge in [-0.2, -0.15) is 0 Å². The van der Waals surface area contributed by atoms with E-state index in [4.69, 9.17) is 23.7 Å². The van der Waals surface area contributed by atoms with Crippen molar-refractivity contribution >= 4 is 0 Å². The second kappa shape index (κ2) is 9.36. The molecule has 0 aromatic heterocycles. The van der Waals surface area contributed by atoms with Crippen LogP contribution in [-0.2, 0) is 23.7 Å². The predicted octanol–water partition coefficient (Wildman–Crippen LogP) is 1.27. The molecule has 0 aliphatic heterocycles. The zero-order chi connectivity index (χ0) is 11.5. The van der Waals surface area contributed by atoms with Gasteiger partial charge in [-0.05, 0) is 13.2 Å². The first kappa shape index (κ1) is 13.8. The maximum absolute atomic E-state index is 5.05. The first-order chi connectivity index (χ1) is 7.20. The third-order valence-electron chi connectivity index (χ3n) is 1.33. The number of ether oxygens (including phenoxy) is 5. The van der Waals surface area contributed by atoms with Crippen LogP contribution in [0.4, 0.5) is 0 Å². The smallest absolute Gasteiger partial charge is 0.279 e. The van der Waals surface area contributed by atoms with Gasteiger partial charge in [0.2, 0.25) is 0 Å². The number of hydrogen-bond acceptors (Lipinski definition) is 5. The van der Waals surface area contributed by atoms with Crippen molar-refractivity contribution in [3.8, 4) is 0 Å². The molecule has 88 valence electrons. The van der Waals surface area contributed by atoms with Crippen LogP contribution in [0.1, 0.15) is 0 Å². The molecule has 0 fully saturated rings. The van der Waals surface area contributed by atoms with E-state index in [1.165, 1.54) is 0 Å². The minimum absolute atomic E-state index is 0.134. The third-order valence-corrected chi connectivity index (χ3v) is 1.33. The fraction of sp³-hybridized carbons (Fsp3) is 0.600. The van der Waals surface area contributed by atoms with Gasteiger partial charge in [0.15, 0.2) is 0 Å². The number of methoxy groups -OCH3 is 2. The van der Waals surface area contributed by atoms with E-state index in [2.05, 4.69) is 13.2 Å². The van der Waals surface area contributed by atoms with E-state index in [9.17, 15) is 0 Å². The van der Waals surface area contributed by atoms with E-state index in [-0.39, 0.29) is 11.9 Å². The summed E-state index contributed by atoms with van der Waals surface area (Å²) in [6.07, 6.45) is 0. The van der Waals surface area contributed by atoms with Crippen LogP contribution in [-0.4, -0.2) is 40.6 Å². The standard InChI is InChI=1S/C10H18O5/c1-9(13-7-5-11-3)15-10(2)14-8-6-12-4/h1-2,5-8H2,3-4H3. The van der Waals surface area contributed by atoms with Gasteiger partial charge in [-0.15, -0.1) is 0 Å². The molecular weight excluding hydrogens is 200 g/mol. The van der Waals surface area contributed by atoms with Crippen molar-refractivity contribution in [3.05, 3.63) is 25.0 Å². The summed E-state index contributed by atoms with van der Waals surface area (Å²) >= 11 is 0. The van der Waals surface area contributed by atoms with Crippen LogP contribution >= 0.6 is 0 Å². The van der Waals surface area contributed by atoms with Crippen LogP contribution in [0.25, 0.3) is 0 Å². The highest BCUT2D eigenvalue weighted by Gasteiger charge is 2.00. The van der Waals surface area contributed by atoms with E-state index in [1.54, 1.807) is 14.2 Å². The molecule has 0 saturated heterocycles. The molecular formula is C10H18O5. The fourth-order valence-electron chi connectivity index (χ4n) is 0.664. The highest BCUT2D eigenvalue weighted by atomic mass is 16.7. The molecule has 0 rings (SSSR count). The van der Waals surface area contributed by atoms with Crippen LogP contribution < -0.4 is 0 Å². The molecule has 5 nitrogen and oxygen atoms in total. The summed E-state index contributed by atoms with van der Waals surface area (Å²) in [5.74, 6) is 0.268. The van der Waals surface area contributed by atoms with Gasteiger partial charge >= 0.3 is 0 Å². The zero-order valence-electron chi connectivity index (χ0n) is 9.28. The molecule has 0 saturated carbocycles. The number of rotatable bonds is 10. The molecule has 0 heterocycles. The van der Waals surface area contributed by atoms with Crippen molar-refractivity contribution < 1.29 is 23.7 Å². The Bertz CT molecular complexity index is 170. The summed E-state index contributed by atoms with van der Waals surface area (Å²) in [4.78, 5) is 0. The van der Waals surface area contributed by atoms with E-state index in [0.717, 1.165) is 0 Å². The predicted molar refractivity (Wildman–Crippen MR) is 55.0 cm³/mol. The molecule has 0 amide bonds. The maximum atomic E-state index is 5.05. The highest BCUT2D eigenvalue weighted by molar-refractivity contribution is 4.79. The van der Waals surface area contributed by atoms with Gasteiger partial charge in [0.1, 0.15) is 13.2 Å². The molecule has 0 aliphatic carbocycles. The lowest BCUT2D eigenvalue weighted by atomic mass is 10.7. The lowest BCUT2D eigenvalue weighted by Gasteiger charge is -2.12. The number of hydrogen-bond donors (Lipinski definition) is 0. The van der Waals surface area contributed by atoms with Gasteiger partial charge in [0, 0.05) is 14.2 Å². The molecule has 0 spiro atoms. The summed E-state index contributed by atoms with van der Waals surface area (Å²) in [5, 5.41) is 0. The Morgan fingerprint density at radius 1 is 0.800 bits per heavy atom. The summed E-state index contributed by atoms with van der Waals surface area (Å²) in [6.45, 7) is 8.74. The second-order valence-electron chi connectivity index (χ2n) is 2.53. The SMILES string of the molecule is C=C(OCCOC)OC(=C)OCCOC. The van der Waals surface area contributed by atoms with Crippen LogP contribution in [0.3, 0.4) is 0 Å². The Balaban J connectivity index is 3.45. The van der Waals surface area contributed by atoms with Gasteiger partial charge < -0.3 is 23.7 Å². The van der Waals surface area contributed by atoms with Gasteiger partial charge in [-0.25, -0.2) is 0 Å². The molecule has 0 aromatic rings. The van der Waals surface area contributed by atoms with Crippen molar-refractivity contribution in [2.75, 3.05) is 40.6 Å². The van der Waals surface area contributed by atoms with Crippen LogP contribution in [0.2, 0.25) is 0 Å². The Labute approximate surface area is 90.2 Å². The highest BCUT2D eigenvalue weighted by Crippen LogP contribution is 2.05. The molecule has 0 atom stereocenters. The maximum Gasteiger partial charge on any atom is 0.279 e. The van der Waals surface area contributed by atoms with Crippen molar-refractivity contribution in [1.29, 1.82) is 0 Å². The van der Waals surface area contributed by atoms with Gasteiger partial charge in [-0.1, -0.05) is 0 Å². The lowest BCUT2D eigenvalue weighted by molar-refractivity contribution is -0.0226. The van der Waals surface area contributed by atoms with E-state index < -0.39 is 0 Å². The zero-order valence-corrected chi connectivity index (χ0v) is 9.28. The quantitative estimate of drug-likeness (QED) is 0.408. The Kier molecular flexibility index (Phi) is 8.61. The largest absolute Gasteiger partial charge is 0.463 e. The van der Waals surface area contributed by atoms with Crippen molar-refractivity contribution in [2.45, 2.75) is 0 Å². The molecule has 0 radical (unpaired) electrons. The van der Waals surface area contributed by atoms with E-state index in [1.807, 2.05) is 0 Å². The van der Waals surface area contributed by atoms with E-state index >= 15 is 0 Å². The van der Waals surface area contributed by atoms with Crippen molar-refractivity contribution in [2.24, 2.45) is 0 Å². The molecule has 0 unspecified atom stereocenters. The Morgan fingerprint density at radius 3 is 1.53 bits per heavy atom. The topological polar surface area (TPSA) is 46.2 Å². The van der Waals surface area contributed by atoms with Crippen LogP contribution in [0.5, 0.6) is 0 Å². The molecule has 0 bridgehead atoms. The van der Waals surface area contributed by atoms with Crippen molar-refractivity contribution in [3.63, 3.8) is 0 Å². The summed E-state index contributed by atoms with van der Waals surface area (Å²) in [7, 11) is 3.17. The molecule has 15 heavy (non-hydrogen) atoms. The fourth-order valence-corrected chi connectivity index (χ4v) is 0.664. The summed E-state index contributed by atoms with van der Waals surface area (Å²) in [6, 6.07) is 0. The van der Waals surface area contributed by atoms with Gasteiger partial charge in [-0.3, -0.25) is 0 Å². The van der Waals surface area contributed by atoms with Crippen LogP contribution in [0, 0.1) is 0 Å². The molecule has 5 heteroatoms. The van der Waals surface area contributed by atoms with Gasteiger partial charge in [0.05, 0.1) is 13.2 Å². The van der Waals surface area contributed by atoms with Gasteiger partial charge in [0.25, 0.3) is 11.9 Å². The lowest BCUT2D eigenvalue weighted by Crippen LogP contribution is -2.06. The molecule has 0 N–H and O–H groups in total. The minimum atomic E-state index is 0.134. The minimum Gasteiger partial charge on any atom is -0.463 e. The summed E-state index contributed by atoms with van der Waals surface area (Å²) < 4.78 is 24.7. The van der Waals surface area contributed by atoms with E-state index in [0.29, 0.717) is 26.4 Å². The monoisotopic (exact) mass is 218 g/mol. The average Bonchev–Trinajstić information content (AvgIpc) is 2.18. The molecule has 0 aliphatic rings. The van der Waals surface area contributed by atoms with Crippen LogP contribution in [0.15, 0.2) is 25.0 Å². The Hall–Kier alpha value is -1.20. The van der Waals surface area contributed by atoms with Crippen molar-refractivity contribution in [1.82, 2.24) is 0 Å². The first-order valence-corrected chi connectivity index (χ1v) is 4.49. The average molecular weight is 218 g/mol. The Morgan fingerprint density at radius 2 is 1.20 bits per heavy atom. The second-order valence-corrected chi connectivity index (χ2v) is 2.53.